The van der Waals surface area contributed by atoms with E-state index in [0.29, 0.717) is 43.9 Å². The van der Waals surface area contributed by atoms with Gasteiger partial charge >= 0.3 is 6.09 Å². The van der Waals surface area contributed by atoms with Crippen molar-refractivity contribution in [1.82, 2.24) is 24.8 Å². The first-order chi connectivity index (χ1) is 17.5. The van der Waals surface area contributed by atoms with Gasteiger partial charge in [0.15, 0.2) is 0 Å². The Hall–Kier alpha value is -3.07. The van der Waals surface area contributed by atoms with Crippen molar-refractivity contribution < 1.29 is 27.9 Å². The second-order valence-electron chi connectivity index (χ2n) is 9.32. The summed E-state index contributed by atoms with van der Waals surface area (Å²) in [6.07, 6.45) is -0.826. The minimum Gasteiger partial charge on any atom is -0.465 e. The maximum atomic E-state index is 13.0. The van der Waals surface area contributed by atoms with Crippen LogP contribution in [-0.2, 0) is 19.6 Å². The summed E-state index contributed by atoms with van der Waals surface area (Å²) >= 11 is 1.08. The Morgan fingerprint density at radius 2 is 1.86 bits per heavy atom. The van der Waals surface area contributed by atoms with E-state index in [1.54, 1.807) is 36.6 Å². The number of carbonyl (C=O) groups is 3. The first kappa shape index (κ1) is 27.0. The summed E-state index contributed by atoms with van der Waals surface area (Å²) in [6.45, 7) is 3.84. The van der Waals surface area contributed by atoms with E-state index in [0.717, 1.165) is 16.9 Å². The molecule has 2 aliphatic rings. The van der Waals surface area contributed by atoms with E-state index in [-0.39, 0.29) is 16.7 Å². The quantitative estimate of drug-likeness (QED) is 0.351. The molecule has 0 radical (unpaired) electrons. The molecule has 2 fully saturated rings. The van der Waals surface area contributed by atoms with Crippen LogP contribution in [0.5, 0.6) is 0 Å². The molecule has 1 aromatic carbocycles. The number of amides is 3. The number of sulfonamides is 1. The zero-order valence-corrected chi connectivity index (χ0v) is 22.1. The van der Waals surface area contributed by atoms with E-state index in [4.69, 9.17) is 10.8 Å². The van der Waals surface area contributed by atoms with Crippen molar-refractivity contribution in [2.45, 2.75) is 41.6 Å². The minimum atomic E-state index is -3.66. The van der Waals surface area contributed by atoms with Crippen LogP contribution < -0.4 is 16.4 Å². The summed E-state index contributed by atoms with van der Waals surface area (Å²) in [5, 5.41) is 15.4. The summed E-state index contributed by atoms with van der Waals surface area (Å²) in [7, 11) is -1.70. The van der Waals surface area contributed by atoms with Gasteiger partial charge in [-0.2, -0.15) is 4.31 Å². The summed E-state index contributed by atoms with van der Waals surface area (Å²) in [5.74, 6) is -1.67. The standard InChI is InChI=1S/C23H30N6O6S2/c1-3-17(25-21(32)33)19(30)27-23(20(24)31)12-16(23)14-4-6-15(7-5-14)18-13-36-22(26-18)37(34,35)29-10-8-28(2)9-11-29/h4-7,13,16-17,25H,3,8-12H2,1-2H3,(H2,24,31)(H,27,30)(H,32,33)/t16-,17+,23?/m1/s1. The highest BCUT2D eigenvalue weighted by Crippen LogP contribution is 2.51. The van der Waals surface area contributed by atoms with E-state index in [1.165, 1.54) is 4.31 Å². The Labute approximate surface area is 218 Å². The van der Waals surface area contributed by atoms with E-state index < -0.39 is 39.5 Å². The maximum Gasteiger partial charge on any atom is 0.405 e. The van der Waals surface area contributed by atoms with Crippen LogP contribution in [0.25, 0.3) is 11.3 Å². The summed E-state index contributed by atoms with van der Waals surface area (Å²) in [5.41, 5.74) is 6.34. The fourth-order valence-corrected chi connectivity index (χ4v) is 7.06. The third-order valence-electron chi connectivity index (χ3n) is 6.88. The van der Waals surface area contributed by atoms with Crippen molar-refractivity contribution in [3.8, 4) is 11.3 Å². The molecule has 0 spiro atoms. The largest absolute Gasteiger partial charge is 0.465 e. The molecule has 1 aliphatic carbocycles. The molecule has 1 saturated carbocycles. The normalized spacial score (nSPS) is 23.2. The fourth-order valence-electron chi connectivity index (χ4n) is 4.48. The van der Waals surface area contributed by atoms with Gasteiger partial charge in [-0.05, 0) is 25.5 Å². The van der Waals surface area contributed by atoms with Gasteiger partial charge in [-0.1, -0.05) is 31.2 Å². The molecule has 12 nitrogen and oxygen atoms in total. The maximum absolute atomic E-state index is 13.0. The Bertz CT molecular complexity index is 1290. The molecule has 37 heavy (non-hydrogen) atoms. The number of rotatable bonds is 9. The molecular weight excluding hydrogens is 520 g/mol. The molecule has 1 aromatic heterocycles. The SMILES string of the molecule is CC[C@H](NC(=O)O)C(=O)NC1(C(N)=O)C[C@@H]1c1ccc(-c2csc(S(=O)(=O)N3CCN(C)CC3)n2)cc1. The monoisotopic (exact) mass is 550 g/mol. The Kier molecular flexibility index (Phi) is 7.55. The van der Waals surface area contributed by atoms with Crippen LogP contribution in [0.15, 0.2) is 34.0 Å². The van der Waals surface area contributed by atoms with Crippen molar-refractivity contribution in [2.75, 3.05) is 33.2 Å². The third kappa shape index (κ3) is 5.46. The zero-order valence-electron chi connectivity index (χ0n) is 20.5. The molecule has 4 rings (SSSR count). The smallest absolute Gasteiger partial charge is 0.405 e. The molecule has 3 amide bonds. The van der Waals surface area contributed by atoms with Gasteiger partial charge in [0.2, 0.25) is 16.2 Å². The van der Waals surface area contributed by atoms with Gasteiger partial charge in [0.1, 0.15) is 11.6 Å². The first-order valence-electron chi connectivity index (χ1n) is 11.8. The van der Waals surface area contributed by atoms with Crippen molar-refractivity contribution in [1.29, 1.82) is 0 Å². The van der Waals surface area contributed by atoms with Crippen LogP contribution in [0.2, 0.25) is 0 Å². The predicted molar refractivity (Wildman–Crippen MR) is 136 cm³/mol. The van der Waals surface area contributed by atoms with Gasteiger partial charge in [0.25, 0.3) is 10.0 Å². The second kappa shape index (κ2) is 10.4. The predicted octanol–water partition coefficient (Wildman–Crippen LogP) is 0.620. The second-order valence-corrected chi connectivity index (χ2v) is 12.3. The van der Waals surface area contributed by atoms with Crippen molar-refractivity contribution in [3.05, 3.63) is 35.2 Å². The van der Waals surface area contributed by atoms with E-state index >= 15 is 0 Å². The van der Waals surface area contributed by atoms with E-state index in [2.05, 4.69) is 20.5 Å². The number of nitrogens with one attached hydrogen (secondary N) is 2. The lowest BCUT2D eigenvalue weighted by molar-refractivity contribution is -0.129. The van der Waals surface area contributed by atoms with Crippen LogP contribution in [0.4, 0.5) is 4.79 Å². The lowest BCUT2D eigenvalue weighted by atomic mass is 10.0. The molecular formula is C23H30N6O6S2. The number of carbonyl (C=O) groups excluding carboxylic acids is 2. The average Bonchev–Trinajstić information content (AvgIpc) is 3.36. The van der Waals surface area contributed by atoms with Gasteiger partial charge in [-0.15, -0.1) is 11.3 Å². The fraction of sp³-hybridized carbons (Fsp3) is 0.478. The van der Waals surface area contributed by atoms with Crippen molar-refractivity contribution in [2.24, 2.45) is 5.73 Å². The van der Waals surface area contributed by atoms with Gasteiger partial charge in [-0.3, -0.25) is 9.59 Å². The highest BCUT2D eigenvalue weighted by molar-refractivity contribution is 7.91. The van der Waals surface area contributed by atoms with Crippen LogP contribution in [-0.4, -0.2) is 90.4 Å². The number of primary amides is 1. The summed E-state index contributed by atoms with van der Waals surface area (Å²) in [6, 6.07) is 6.14. The Balaban J connectivity index is 1.47. The molecule has 1 aliphatic heterocycles. The molecule has 5 N–H and O–H groups in total. The number of benzene rings is 1. The third-order valence-corrected chi connectivity index (χ3v) is 10.0. The number of likely N-dealkylation sites (N-methyl/N-ethyl adjacent to an activating group) is 1. The van der Waals surface area contributed by atoms with E-state index in [1.807, 2.05) is 7.05 Å². The highest BCUT2D eigenvalue weighted by atomic mass is 32.2. The van der Waals surface area contributed by atoms with Crippen LogP contribution in [0, 0.1) is 0 Å². The molecule has 14 heteroatoms. The highest BCUT2D eigenvalue weighted by Gasteiger charge is 2.61. The van der Waals surface area contributed by atoms with Gasteiger partial charge in [0.05, 0.1) is 5.69 Å². The number of aromatic nitrogens is 1. The number of nitrogens with two attached hydrogens (primary N) is 1. The lowest BCUT2D eigenvalue weighted by Crippen LogP contribution is -2.54. The summed E-state index contributed by atoms with van der Waals surface area (Å²) in [4.78, 5) is 42.3. The molecule has 0 bridgehead atoms. The number of hydrogen-bond acceptors (Lipinski definition) is 8. The van der Waals surface area contributed by atoms with E-state index in [9.17, 15) is 22.8 Å². The molecule has 1 saturated heterocycles. The molecule has 2 heterocycles. The number of hydrogen-bond donors (Lipinski definition) is 4. The molecule has 1 unspecified atom stereocenters. The topological polar surface area (TPSA) is 175 Å². The first-order valence-corrected chi connectivity index (χ1v) is 14.2. The van der Waals surface area contributed by atoms with Crippen molar-refractivity contribution in [3.63, 3.8) is 0 Å². The molecule has 2 aromatic rings. The van der Waals surface area contributed by atoms with Crippen molar-refractivity contribution >= 4 is 39.3 Å². The van der Waals surface area contributed by atoms with Gasteiger partial charge < -0.3 is 26.4 Å². The number of nitrogens with zero attached hydrogens (tertiary/aromatic N) is 3. The summed E-state index contributed by atoms with van der Waals surface area (Å²) < 4.78 is 27.5. The Morgan fingerprint density at radius 3 is 2.43 bits per heavy atom. The van der Waals surface area contributed by atoms with Gasteiger partial charge in [-0.25, -0.2) is 18.2 Å². The van der Waals surface area contributed by atoms with Gasteiger partial charge in [0, 0.05) is 43.0 Å². The Morgan fingerprint density at radius 1 is 1.22 bits per heavy atom. The number of carboxylic acid groups (broad SMARTS) is 1. The minimum absolute atomic E-state index is 0.0502. The zero-order chi connectivity index (χ0) is 27.0. The van der Waals surface area contributed by atoms with Crippen LogP contribution in [0.1, 0.15) is 31.2 Å². The lowest BCUT2D eigenvalue weighted by Gasteiger charge is -2.30. The number of piperazine rings is 1. The molecule has 200 valence electrons. The van der Waals surface area contributed by atoms with Crippen LogP contribution >= 0.6 is 11.3 Å². The molecule has 3 atom stereocenters. The number of thiazole rings is 1. The average molecular weight is 551 g/mol. The van der Waals surface area contributed by atoms with Crippen LogP contribution in [0.3, 0.4) is 0 Å².